The van der Waals surface area contributed by atoms with Crippen LogP contribution in [0.1, 0.15) is 40.2 Å². The molecule has 4 rings (SSSR count). The van der Waals surface area contributed by atoms with Gasteiger partial charge in [-0.15, -0.1) is 0 Å². The van der Waals surface area contributed by atoms with Gasteiger partial charge < -0.3 is 9.64 Å². The molecule has 2 aromatic carbocycles. The van der Waals surface area contributed by atoms with Crippen molar-refractivity contribution in [1.29, 1.82) is 0 Å². The van der Waals surface area contributed by atoms with Gasteiger partial charge in [-0.1, -0.05) is 45.9 Å². The fourth-order valence-corrected chi connectivity index (χ4v) is 9.10. The molecule has 2 aliphatic rings. The molecule has 0 radical (unpaired) electrons. The first-order valence-electron chi connectivity index (χ1n) is 12.3. The van der Waals surface area contributed by atoms with Crippen molar-refractivity contribution in [2.75, 3.05) is 38.7 Å². The first-order chi connectivity index (χ1) is 17.1. The summed E-state index contributed by atoms with van der Waals surface area (Å²) in [6.45, 7) is 12.4. The molecule has 0 fully saturated rings. The van der Waals surface area contributed by atoms with Crippen molar-refractivity contribution in [3.63, 3.8) is 0 Å². The molecule has 9 nitrogen and oxygen atoms in total. The fraction of sp³-hybridized carbons (Fsp3) is 0.423. The van der Waals surface area contributed by atoms with E-state index >= 15 is 0 Å². The summed E-state index contributed by atoms with van der Waals surface area (Å²) in [6.07, 6.45) is 1.91. The van der Waals surface area contributed by atoms with Crippen molar-refractivity contribution in [3.8, 4) is 5.75 Å². The van der Waals surface area contributed by atoms with Gasteiger partial charge >= 0.3 is 0 Å². The molecule has 0 bridgehead atoms. The Morgan fingerprint density at radius 3 is 2.44 bits per heavy atom. The van der Waals surface area contributed by atoms with Crippen molar-refractivity contribution < 1.29 is 9.66 Å². The van der Waals surface area contributed by atoms with Crippen LogP contribution in [0.4, 0.5) is 17.1 Å². The van der Waals surface area contributed by atoms with Gasteiger partial charge in [-0.3, -0.25) is 10.1 Å². The van der Waals surface area contributed by atoms with E-state index in [0.717, 1.165) is 29.8 Å². The number of nitro benzene ring substituents is 1. The topological polar surface area (TPSA) is 86.8 Å². The number of benzene rings is 2. The van der Waals surface area contributed by atoms with E-state index in [2.05, 4.69) is 62.5 Å². The lowest BCUT2D eigenvalue weighted by Gasteiger charge is -2.39. The highest BCUT2D eigenvalue weighted by atomic mass is 31.2. The first-order valence-corrected chi connectivity index (χ1v) is 13.9. The minimum Gasteiger partial charge on any atom is -0.494 e. The number of ether oxygens (including phenoxy) is 1. The van der Waals surface area contributed by atoms with Crippen molar-refractivity contribution >= 4 is 30.6 Å². The molecule has 0 spiro atoms. The molecule has 1 atom stereocenters. The minimum atomic E-state index is -2.71. The van der Waals surface area contributed by atoms with Gasteiger partial charge in [0.15, 0.2) is 7.36 Å². The van der Waals surface area contributed by atoms with Gasteiger partial charge in [-0.05, 0) is 30.7 Å². The number of hydrogen-bond donors (Lipinski definition) is 0. The lowest BCUT2D eigenvalue weighted by atomic mass is 9.84. The van der Waals surface area contributed by atoms with Gasteiger partial charge in [0.25, 0.3) is 5.69 Å². The Kier molecular flexibility index (Phi) is 6.99. The summed E-state index contributed by atoms with van der Waals surface area (Å²) in [5.41, 5.74) is 3.47. The zero-order valence-corrected chi connectivity index (χ0v) is 23.0. The Morgan fingerprint density at radius 2 is 1.83 bits per heavy atom. The van der Waals surface area contributed by atoms with E-state index in [1.165, 1.54) is 11.6 Å². The van der Waals surface area contributed by atoms with Crippen molar-refractivity contribution in [1.82, 2.24) is 9.45 Å². The highest BCUT2D eigenvalue weighted by Gasteiger charge is 2.48. The van der Waals surface area contributed by atoms with Crippen LogP contribution in [0.5, 0.6) is 5.75 Å². The van der Waals surface area contributed by atoms with Gasteiger partial charge in [-0.25, -0.2) is 14.2 Å². The predicted octanol–water partition coefficient (Wildman–Crippen LogP) is 6.57. The third-order valence-corrected chi connectivity index (χ3v) is 10.7. The van der Waals surface area contributed by atoms with Crippen molar-refractivity contribution in [2.24, 2.45) is 9.85 Å². The van der Waals surface area contributed by atoms with E-state index in [9.17, 15) is 10.1 Å². The lowest BCUT2D eigenvalue weighted by Crippen LogP contribution is -2.30. The number of hydrazone groups is 1. The predicted molar refractivity (Wildman–Crippen MR) is 147 cm³/mol. The molecule has 36 heavy (non-hydrogen) atoms. The van der Waals surface area contributed by atoms with Crippen LogP contribution in [-0.2, 0) is 5.41 Å². The average Bonchev–Trinajstić information content (AvgIpc) is 3.26. The van der Waals surface area contributed by atoms with Crippen molar-refractivity contribution in [3.05, 3.63) is 69.2 Å². The summed E-state index contributed by atoms with van der Waals surface area (Å²) < 4.78 is 15.0. The Labute approximate surface area is 213 Å². The maximum absolute atomic E-state index is 12.1. The maximum Gasteiger partial charge on any atom is 0.298 e. The third-order valence-electron chi connectivity index (χ3n) is 7.01. The molecule has 0 amide bonds. The van der Waals surface area contributed by atoms with E-state index in [-0.39, 0.29) is 16.0 Å². The molecular weight excluding hydrogens is 475 g/mol. The van der Waals surface area contributed by atoms with E-state index in [1.54, 1.807) is 12.1 Å². The number of para-hydroxylation sites is 1. The number of rotatable bonds is 7. The monoisotopic (exact) mass is 510 g/mol. The zero-order valence-electron chi connectivity index (χ0n) is 22.1. The molecule has 192 valence electrons. The maximum atomic E-state index is 12.1. The molecule has 2 heterocycles. The van der Waals surface area contributed by atoms with Crippen molar-refractivity contribution in [2.45, 2.75) is 40.0 Å². The Balaban J connectivity index is 2.07. The van der Waals surface area contributed by atoms with E-state index in [1.807, 2.05) is 31.0 Å². The van der Waals surface area contributed by atoms with Crippen LogP contribution in [0.2, 0.25) is 0 Å². The number of likely N-dealkylation sites (N-methyl/N-ethyl adjacent to an activating group) is 1. The van der Waals surface area contributed by atoms with Gasteiger partial charge in [0.1, 0.15) is 11.4 Å². The van der Waals surface area contributed by atoms with Gasteiger partial charge in [0, 0.05) is 44.0 Å². The van der Waals surface area contributed by atoms with Crippen LogP contribution in [0, 0.1) is 10.1 Å². The second-order valence-corrected chi connectivity index (χ2v) is 12.3. The number of nitro groups is 1. The average molecular weight is 511 g/mol. The first kappa shape index (κ1) is 25.9. The molecule has 2 aliphatic heterocycles. The number of nitrogens with zero attached hydrogens (tertiary/aromatic N) is 6. The molecule has 0 aromatic heterocycles. The molecule has 10 heteroatoms. The third kappa shape index (κ3) is 3.91. The fourth-order valence-electron chi connectivity index (χ4n) is 5.38. The molecule has 0 N–H and O–H groups in total. The molecule has 0 saturated heterocycles. The van der Waals surface area contributed by atoms with Crippen LogP contribution in [0.3, 0.4) is 0 Å². The van der Waals surface area contributed by atoms with Gasteiger partial charge in [0.05, 0.1) is 29.1 Å². The highest BCUT2D eigenvalue weighted by Crippen LogP contribution is 2.69. The second kappa shape index (κ2) is 9.71. The van der Waals surface area contributed by atoms with Gasteiger partial charge in [0.2, 0.25) is 0 Å². The normalized spacial score (nSPS) is 22.3. The van der Waals surface area contributed by atoms with E-state index < -0.39 is 7.36 Å². The van der Waals surface area contributed by atoms with Crippen LogP contribution in [0.25, 0.3) is 0 Å². The Morgan fingerprint density at radius 1 is 1.14 bits per heavy atom. The molecule has 0 unspecified atom stereocenters. The number of fused-ring (bicyclic) bond motifs is 1. The molecule has 2 aromatic rings. The van der Waals surface area contributed by atoms with E-state index in [4.69, 9.17) is 14.6 Å². The highest BCUT2D eigenvalue weighted by molar-refractivity contribution is 7.67. The minimum absolute atomic E-state index is 0.0700. The number of allylic oxidation sites excluding steroid dienone is 2. The van der Waals surface area contributed by atoms with Gasteiger partial charge in [-0.2, -0.15) is 5.10 Å². The smallest absolute Gasteiger partial charge is 0.298 e. The number of anilines is 1. The summed E-state index contributed by atoms with van der Waals surface area (Å²) in [5.74, 6) is 0.458. The lowest BCUT2D eigenvalue weighted by molar-refractivity contribution is -0.384. The summed E-state index contributed by atoms with van der Waals surface area (Å²) in [5, 5.41) is 17.9. The standard InChI is InChI=1S/C26H35N6O3P/c1-8-31(9-2)36(28-21-16-15-19(35-10-3)17-23(21)32(33)34)24(18-27-30(36)7)25-26(4,5)20-13-11-12-14-22(20)29(25)6/h11-18H,8-10H2,1-7H3/b25-24+/t36-/m0/s1. The quantitative estimate of drug-likeness (QED) is 0.238. The van der Waals surface area contributed by atoms with E-state index in [0.29, 0.717) is 18.0 Å². The Hall–Kier alpha value is -3.16. The molecule has 0 aliphatic carbocycles. The molecule has 0 saturated carbocycles. The van der Waals surface area contributed by atoms with Crippen LogP contribution in [-0.4, -0.2) is 54.4 Å². The van der Waals surface area contributed by atoms with Crippen LogP contribution in [0.15, 0.2) is 63.3 Å². The summed E-state index contributed by atoms with van der Waals surface area (Å²) in [7, 11) is 1.30. The second-order valence-electron chi connectivity index (χ2n) is 9.32. The molecular formula is C26H35N6O3P. The zero-order chi connectivity index (χ0) is 26.3. The summed E-state index contributed by atoms with van der Waals surface area (Å²) >= 11 is 0. The summed E-state index contributed by atoms with van der Waals surface area (Å²) in [6, 6.07) is 13.3. The summed E-state index contributed by atoms with van der Waals surface area (Å²) in [4.78, 5) is 14.0. The van der Waals surface area contributed by atoms with Crippen LogP contribution >= 0.6 is 7.36 Å². The largest absolute Gasteiger partial charge is 0.494 e. The Bertz CT molecular complexity index is 1300. The number of hydrogen-bond acceptors (Lipinski definition) is 6. The van der Waals surface area contributed by atoms with Crippen LogP contribution < -0.4 is 9.64 Å². The SMILES string of the molecule is CCOc1ccc(N=[P@@]2(N(CC)CC)/C(=C3/N(C)c4ccccc4C3(C)C)C=NN2C)c([N+](=O)[O-])c1.